The van der Waals surface area contributed by atoms with Crippen molar-refractivity contribution in [1.29, 1.82) is 0 Å². The van der Waals surface area contributed by atoms with Gasteiger partial charge in [0.1, 0.15) is 0 Å². The number of nitrogens with zero attached hydrogens (tertiary/aromatic N) is 1. The molecule has 0 aliphatic heterocycles. The minimum Gasteiger partial charge on any atom is -0.299 e. The van der Waals surface area contributed by atoms with Crippen LogP contribution in [0.2, 0.25) is 0 Å². The second kappa shape index (κ2) is 5.78. The van der Waals surface area contributed by atoms with E-state index < -0.39 is 0 Å². The molecule has 0 spiro atoms. The fourth-order valence-electron chi connectivity index (χ4n) is 1.25. The van der Waals surface area contributed by atoms with Crippen LogP contribution in [0.3, 0.4) is 0 Å². The molecule has 74 valence electrons. The standard InChI is InChI=1S/C10H16BrNS/c1-9(10-5-3-8-13-10)12(2)7-4-6-11/h3,5,8-9H,4,6-7H2,1-2H3. The first-order valence-electron chi connectivity index (χ1n) is 4.55. The molecule has 0 saturated heterocycles. The van der Waals surface area contributed by atoms with Gasteiger partial charge in [-0.2, -0.15) is 0 Å². The maximum absolute atomic E-state index is 3.45. The molecular weight excluding hydrogens is 246 g/mol. The van der Waals surface area contributed by atoms with Gasteiger partial charge in [-0.3, -0.25) is 4.90 Å². The van der Waals surface area contributed by atoms with Crippen molar-refractivity contribution in [3.05, 3.63) is 22.4 Å². The summed E-state index contributed by atoms with van der Waals surface area (Å²) in [4.78, 5) is 3.85. The van der Waals surface area contributed by atoms with E-state index in [9.17, 15) is 0 Å². The average molecular weight is 262 g/mol. The summed E-state index contributed by atoms with van der Waals surface area (Å²) in [5.41, 5.74) is 0. The lowest BCUT2D eigenvalue weighted by molar-refractivity contribution is 0.266. The van der Waals surface area contributed by atoms with Crippen LogP contribution in [0, 0.1) is 0 Å². The van der Waals surface area contributed by atoms with Gasteiger partial charge in [0.2, 0.25) is 0 Å². The predicted molar refractivity (Wildman–Crippen MR) is 63.8 cm³/mol. The van der Waals surface area contributed by atoms with Crippen LogP contribution in [0.5, 0.6) is 0 Å². The predicted octanol–water partition coefficient (Wildman–Crippen LogP) is 3.53. The Morgan fingerprint density at radius 1 is 1.62 bits per heavy atom. The van der Waals surface area contributed by atoms with Gasteiger partial charge in [-0.1, -0.05) is 22.0 Å². The molecule has 13 heavy (non-hydrogen) atoms. The van der Waals surface area contributed by atoms with Gasteiger partial charge in [0, 0.05) is 16.2 Å². The Morgan fingerprint density at radius 3 is 2.92 bits per heavy atom. The summed E-state index contributed by atoms with van der Waals surface area (Å²) in [6, 6.07) is 4.88. The van der Waals surface area contributed by atoms with Gasteiger partial charge >= 0.3 is 0 Å². The minimum atomic E-state index is 0.555. The zero-order valence-corrected chi connectivity index (χ0v) is 10.6. The van der Waals surface area contributed by atoms with Crippen LogP contribution in [-0.4, -0.2) is 23.8 Å². The van der Waals surface area contributed by atoms with Crippen LogP contribution in [0.25, 0.3) is 0 Å². The second-order valence-corrected chi connectivity index (χ2v) is 4.99. The third-order valence-electron chi connectivity index (χ3n) is 2.26. The third-order valence-corrected chi connectivity index (χ3v) is 3.86. The molecule has 0 saturated carbocycles. The molecule has 0 radical (unpaired) electrons. The Morgan fingerprint density at radius 2 is 2.38 bits per heavy atom. The van der Waals surface area contributed by atoms with Gasteiger partial charge in [-0.15, -0.1) is 11.3 Å². The van der Waals surface area contributed by atoms with Crippen LogP contribution in [0.1, 0.15) is 24.3 Å². The third kappa shape index (κ3) is 3.41. The molecule has 0 aliphatic rings. The SMILES string of the molecule is CC(c1cccs1)N(C)CCCBr. The van der Waals surface area contributed by atoms with E-state index in [4.69, 9.17) is 0 Å². The van der Waals surface area contributed by atoms with E-state index in [0.29, 0.717) is 6.04 Å². The molecule has 0 fully saturated rings. The number of alkyl halides is 1. The molecule has 3 heteroatoms. The van der Waals surface area contributed by atoms with Gasteiger partial charge in [0.05, 0.1) is 0 Å². The number of halogens is 1. The highest BCUT2D eigenvalue weighted by Gasteiger charge is 2.11. The average Bonchev–Trinajstić information content (AvgIpc) is 2.65. The number of thiophene rings is 1. The molecule has 0 amide bonds. The fourth-order valence-corrected chi connectivity index (χ4v) is 2.35. The monoisotopic (exact) mass is 261 g/mol. The molecule has 1 aromatic heterocycles. The summed E-state index contributed by atoms with van der Waals surface area (Å²) in [5, 5.41) is 3.23. The van der Waals surface area contributed by atoms with Crippen molar-refractivity contribution >= 4 is 27.3 Å². The van der Waals surface area contributed by atoms with E-state index in [0.717, 1.165) is 11.9 Å². The molecule has 0 N–H and O–H groups in total. The Balaban J connectivity index is 2.43. The maximum atomic E-state index is 3.45. The van der Waals surface area contributed by atoms with Crippen molar-refractivity contribution in [2.24, 2.45) is 0 Å². The first-order chi connectivity index (χ1) is 6.25. The molecular formula is C10H16BrNS. The van der Waals surface area contributed by atoms with Crippen molar-refractivity contribution in [2.75, 3.05) is 18.9 Å². The van der Waals surface area contributed by atoms with Gasteiger partial charge in [0.15, 0.2) is 0 Å². The summed E-state index contributed by atoms with van der Waals surface area (Å²) >= 11 is 5.29. The Labute approximate surface area is 92.9 Å². The van der Waals surface area contributed by atoms with Gasteiger partial charge in [-0.25, -0.2) is 0 Å². The molecule has 1 rings (SSSR count). The lowest BCUT2D eigenvalue weighted by atomic mass is 10.2. The Bertz CT molecular complexity index is 223. The lowest BCUT2D eigenvalue weighted by Gasteiger charge is -2.23. The smallest absolute Gasteiger partial charge is 0.0410 e. The molecule has 0 aromatic carbocycles. The summed E-state index contributed by atoms with van der Waals surface area (Å²) in [6.45, 7) is 3.42. The van der Waals surface area contributed by atoms with E-state index >= 15 is 0 Å². The summed E-state index contributed by atoms with van der Waals surface area (Å²) in [7, 11) is 2.19. The number of rotatable bonds is 5. The Kier molecular flexibility index (Phi) is 4.99. The molecule has 0 aliphatic carbocycles. The van der Waals surface area contributed by atoms with E-state index in [2.05, 4.69) is 52.3 Å². The van der Waals surface area contributed by atoms with E-state index in [-0.39, 0.29) is 0 Å². The highest BCUT2D eigenvalue weighted by atomic mass is 79.9. The number of hydrogen-bond donors (Lipinski definition) is 0. The van der Waals surface area contributed by atoms with Crippen molar-refractivity contribution in [1.82, 2.24) is 4.90 Å². The Hall–Kier alpha value is 0.140. The zero-order valence-electron chi connectivity index (χ0n) is 8.16. The normalized spacial score (nSPS) is 13.5. The van der Waals surface area contributed by atoms with Crippen molar-refractivity contribution in [2.45, 2.75) is 19.4 Å². The molecule has 1 aromatic rings. The van der Waals surface area contributed by atoms with Gasteiger partial charge in [0.25, 0.3) is 0 Å². The first kappa shape index (κ1) is 11.2. The summed E-state index contributed by atoms with van der Waals surface area (Å²) in [6.07, 6.45) is 1.21. The molecule has 1 unspecified atom stereocenters. The first-order valence-corrected chi connectivity index (χ1v) is 6.55. The maximum Gasteiger partial charge on any atom is 0.0410 e. The molecule has 1 heterocycles. The largest absolute Gasteiger partial charge is 0.299 e. The second-order valence-electron chi connectivity index (χ2n) is 3.21. The summed E-state index contributed by atoms with van der Waals surface area (Å²) in [5.74, 6) is 0. The van der Waals surface area contributed by atoms with Crippen LogP contribution in [0.15, 0.2) is 17.5 Å². The van der Waals surface area contributed by atoms with Crippen LogP contribution in [-0.2, 0) is 0 Å². The number of hydrogen-bond acceptors (Lipinski definition) is 2. The quantitative estimate of drug-likeness (QED) is 0.734. The van der Waals surface area contributed by atoms with E-state index in [1.54, 1.807) is 0 Å². The summed E-state index contributed by atoms with van der Waals surface area (Å²) < 4.78 is 0. The zero-order chi connectivity index (χ0) is 9.68. The van der Waals surface area contributed by atoms with Crippen molar-refractivity contribution in [3.8, 4) is 0 Å². The van der Waals surface area contributed by atoms with Crippen molar-refractivity contribution < 1.29 is 0 Å². The topological polar surface area (TPSA) is 3.24 Å². The fraction of sp³-hybridized carbons (Fsp3) is 0.600. The molecule has 1 atom stereocenters. The lowest BCUT2D eigenvalue weighted by Crippen LogP contribution is -2.23. The molecule has 1 nitrogen and oxygen atoms in total. The van der Waals surface area contributed by atoms with Crippen LogP contribution in [0.4, 0.5) is 0 Å². The van der Waals surface area contributed by atoms with E-state index in [1.807, 2.05) is 11.3 Å². The molecule has 0 bridgehead atoms. The minimum absolute atomic E-state index is 0.555. The van der Waals surface area contributed by atoms with Gasteiger partial charge < -0.3 is 0 Å². The van der Waals surface area contributed by atoms with E-state index in [1.165, 1.54) is 11.3 Å². The van der Waals surface area contributed by atoms with Crippen LogP contribution < -0.4 is 0 Å². The van der Waals surface area contributed by atoms with Crippen molar-refractivity contribution in [3.63, 3.8) is 0 Å². The highest BCUT2D eigenvalue weighted by molar-refractivity contribution is 9.09. The highest BCUT2D eigenvalue weighted by Crippen LogP contribution is 2.23. The van der Waals surface area contributed by atoms with Crippen LogP contribution >= 0.6 is 27.3 Å². The van der Waals surface area contributed by atoms with Gasteiger partial charge in [-0.05, 0) is 38.4 Å².